The van der Waals surface area contributed by atoms with Gasteiger partial charge in [0.25, 0.3) is 0 Å². The molecule has 0 spiro atoms. The van der Waals surface area contributed by atoms with E-state index in [2.05, 4.69) is 20.2 Å². The summed E-state index contributed by atoms with van der Waals surface area (Å²) in [4.78, 5) is 22.2. The lowest BCUT2D eigenvalue weighted by Crippen LogP contribution is -2.37. The summed E-state index contributed by atoms with van der Waals surface area (Å²) in [6.45, 7) is 3.94. The highest BCUT2D eigenvalue weighted by Gasteiger charge is 2.25. The molecule has 2 N–H and O–H groups in total. The Morgan fingerprint density at radius 1 is 1.28 bits per heavy atom. The second-order valence-electron chi connectivity index (χ2n) is 6.27. The number of rotatable bonds is 5. The van der Waals surface area contributed by atoms with E-state index in [-0.39, 0.29) is 5.92 Å². The van der Waals surface area contributed by atoms with Crippen LogP contribution in [0.25, 0.3) is 0 Å². The van der Waals surface area contributed by atoms with E-state index in [9.17, 15) is 4.79 Å². The lowest BCUT2D eigenvalue weighted by Gasteiger charge is -2.31. The summed E-state index contributed by atoms with van der Waals surface area (Å²) >= 11 is 5.90. The van der Waals surface area contributed by atoms with Crippen LogP contribution in [0.3, 0.4) is 0 Å². The molecule has 3 rings (SSSR count). The normalized spacial score (nSPS) is 15.2. The molecular weight excluding hydrogens is 340 g/mol. The summed E-state index contributed by atoms with van der Waals surface area (Å²) in [6.07, 6.45) is 1.29. The van der Waals surface area contributed by atoms with E-state index < -0.39 is 5.97 Å². The fourth-order valence-electron chi connectivity index (χ4n) is 2.93. The highest BCUT2D eigenvalue weighted by Crippen LogP contribution is 2.23. The monoisotopic (exact) mass is 360 g/mol. The molecule has 7 heteroatoms. The molecule has 0 radical (unpaired) electrons. The number of aromatic nitrogens is 2. The number of anilines is 2. The van der Waals surface area contributed by atoms with E-state index in [0.717, 1.165) is 17.1 Å². The zero-order chi connectivity index (χ0) is 17.8. The van der Waals surface area contributed by atoms with Crippen molar-refractivity contribution in [3.63, 3.8) is 0 Å². The molecule has 2 heterocycles. The number of aliphatic carboxylic acids is 1. The van der Waals surface area contributed by atoms with E-state index in [0.29, 0.717) is 43.4 Å². The van der Waals surface area contributed by atoms with E-state index >= 15 is 0 Å². The van der Waals surface area contributed by atoms with Crippen molar-refractivity contribution < 1.29 is 9.90 Å². The Morgan fingerprint density at radius 2 is 1.96 bits per heavy atom. The minimum Gasteiger partial charge on any atom is -0.481 e. The molecule has 0 aliphatic carbocycles. The first-order chi connectivity index (χ1) is 12.0. The maximum absolute atomic E-state index is 11.1. The van der Waals surface area contributed by atoms with Gasteiger partial charge in [0, 0.05) is 36.4 Å². The molecule has 0 unspecified atom stereocenters. The third-order valence-corrected chi connectivity index (χ3v) is 4.62. The van der Waals surface area contributed by atoms with Gasteiger partial charge in [-0.25, -0.2) is 4.98 Å². The second-order valence-corrected chi connectivity index (χ2v) is 6.71. The fourth-order valence-corrected chi connectivity index (χ4v) is 3.06. The molecule has 25 heavy (non-hydrogen) atoms. The molecule has 6 nitrogen and oxygen atoms in total. The third-order valence-electron chi connectivity index (χ3n) is 4.37. The number of nitrogens with one attached hydrogen (secondary N) is 1. The van der Waals surface area contributed by atoms with Crippen molar-refractivity contribution >= 4 is 29.3 Å². The zero-order valence-electron chi connectivity index (χ0n) is 14.1. The molecule has 1 aromatic carbocycles. The summed E-state index contributed by atoms with van der Waals surface area (Å²) in [5.41, 5.74) is 1.97. The Balaban J connectivity index is 1.66. The van der Waals surface area contributed by atoms with Crippen molar-refractivity contribution in [1.82, 2.24) is 9.97 Å². The number of hydrogen-bond donors (Lipinski definition) is 2. The molecule has 0 bridgehead atoms. The number of carboxylic acids is 1. The summed E-state index contributed by atoms with van der Waals surface area (Å²) in [5.74, 6) is 0.464. The Hall–Kier alpha value is -2.34. The minimum atomic E-state index is -0.705. The van der Waals surface area contributed by atoms with E-state index in [4.69, 9.17) is 16.7 Å². The number of benzene rings is 1. The smallest absolute Gasteiger partial charge is 0.306 e. The van der Waals surface area contributed by atoms with Crippen LogP contribution in [0.15, 0.2) is 30.3 Å². The highest BCUT2D eigenvalue weighted by atomic mass is 35.5. The molecule has 0 saturated carbocycles. The lowest BCUT2D eigenvalue weighted by molar-refractivity contribution is -0.142. The van der Waals surface area contributed by atoms with Crippen LogP contribution < -0.4 is 10.2 Å². The maximum Gasteiger partial charge on any atom is 0.306 e. The van der Waals surface area contributed by atoms with Crippen molar-refractivity contribution in [3.8, 4) is 0 Å². The number of nitrogens with zero attached hydrogens (tertiary/aromatic N) is 3. The van der Waals surface area contributed by atoms with Gasteiger partial charge in [-0.3, -0.25) is 4.79 Å². The summed E-state index contributed by atoms with van der Waals surface area (Å²) < 4.78 is 0. The Kier molecular flexibility index (Phi) is 5.38. The standard InChI is InChI=1S/C18H21ClN4O2/c1-12-10-16(23-8-6-14(7-9-23)17(24)25)22-18(21-12)20-11-13-2-4-15(19)5-3-13/h2-5,10,14H,6-9,11H2,1H3,(H,24,25)(H,20,21,22). The van der Waals surface area contributed by atoms with Gasteiger partial charge < -0.3 is 15.3 Å². The predicted octanol–water partition coefficient (Wildman–Crippen LogP) is 3.35. The van der Waals surface area contributed by atoms with Crippen molar-refractivity contribution in [2.75, 3.05) is 23.3 Å². The Morgan fingerprint density at radius 3 is 2.60 bits per heavy atom. The average Bonchev–Trinajstić information content (AvgIpc) is 2.61. The van der Waals surface area contributed by atoms with E-state index in [1.54, 1.807) is 0 Å². The number of carbonyl (C=O) groups is 1. The minimum absolute atomic E-state index is 0.248. The molecule has 1 aliphatic heterocycles. The lowest BCUT2D eigenvalue weighted by atomic mass is 9.97. The first-order valence-electron chi connectivity index (χ1n) is 8.33. The van der Waals surface area contributed by atoms with Crippen molar-refractivity contribution in [3.05, 3.63) is 46.6 Å². The molecule has 1 aromatic heterocycles. The van der Waals surface area contributed by atoms with Crippen LogP contribution in [-0.2, 0) is 11.3 Å². The number of piperidine rings is 1. The quantitative estimate of drug-likeness (QED) is 0.851. The van der Waals surface area contributed by atoms with Crippen LogP contribution >= 0.6 is 11.6 Å². The van der Waals surface area contributed by atoms with Gasteiger partial charge in [-0.2, -0.15) is 4.98 Å². The highest BCUT2D eigenvalue weighted by molar-refractivity contribution is 6.30. The van der Waals surface area contributed by atoms with Gasteiger partial charge in [0.15, 0.2) is 0 Å². The summed E-state index contributed by atoms with van der Waals surface area (Å²) in [5, 5.41) is 13.1. The number of carboxylic acid groups (broad SMARTS) is 1. The van der Waals surface area contributed by atoms with Gasteiger partial charge in [0.2, 0.25) is 5.95 Å². The van der Waals surface area contributed by atoms with E-state index in [1.165, 1.54) is 0 Å². The molecule has 0 amide bonds. The van der Waals surface area contributed by atoms with Gasteiger partial charge in [-0.15, -0.1) is 0 Å². The van der Waals surface area contributed by atoms with Crippen molar-refractivity contribution in [1.29, 1.82) is 0 Å². The Labute approximate surface area is 151 Å². The average molecular weight is 361 g/mol. The molecule has 1 fully saturated rings. The van der Waals surface area contributed by atoms with Crippen LogP contribution in [-0.4, -0.2) is 34.1 Å². The van der Waals surface area contributed by atoms with E-state index in [1.807, 2.05) is 37.3 Å². The van der Waals surface area contributed by atoms with Crippen molar-refractivity contribution in [2.24, 2.45) is 5.92 Å². The van der Waals surface area contributed by atoms with Gasteiger partial charge in [-0.1, -0.05) is 23.7 Å². The van der Waals surface area contributed by atoms with Crippen molar-refractivity contribution in [2.45, 2.75) is 26.3 Å². The SMILES string of the molecule is Cc1cc(N2CCC(C(=O)O)CC2)nc(NCc2ccc(Cl)cc2)n1. The molecule has 1 aliphatic rings. The molecular formula is C18H21ClN4O2. The van der Waals surface area contributed by atoms with Gasteiger partial charge in [0.05, 0.1) is 5.92 Å². The molecule has 2 aromatic rings. The number of hydrogen-bond acceptors (Lipinski definition) is 5. The van der Waals surface area contributed by atoms with Crippen LogP contribution in [0, 0.1) is 12.8 Å². The first-order valence-corrected chi connectivity index (χ1v) is 8.71. The largest absolute Gasteiger partial charge is 0.481 e. The zero-order valence-corrected chi connectivity index (χ0v) is 14.8. The van der Waals surface area contributed by atoms with Crippen LogP contribution in [0.5, 0.6) is 0 Å². The summed E-state index contributed by atoms with van der Waals surface area (Å²) in [7, 11) is 0. The van der Waals surface area contributed by atoms with Gasteiger partial charge in [-0.05, 0) is 37.5 Å². The van der Waals surface area contributed by atoms with Crippen LogP contribution in [0.4, 0.5) is 11.8 Å². The topological polar surface area (TPSA) is 78.4 Å². The Bertz CT molecular complexity index is 743. The van der Waals surface area contributed by atoms with Crippen LogP contribution in [0.2, 0.25) is 5.02 Å². The third kappa shape index (κ3) is 4.60. The van der Waals surface area contributed by atoms with Gasteiger partial charge >= 0.3 is 5.97 Å². The maximum atomic E-state index is 11.1. The fraction of sp³-hybridized carbons (Fsp3) is 0.389. The van der Waals surface area contributed by atoms with Gasteiger partial charge in [0.1, 0.15) is 5.82 Å². The second kappa shape index (κ2) is 7.70. The number of aryl methyl sites for hydroxylation is 1. The molecule has 0 atom stereocenters. The van der Waals surface area contributed by atoms with Crippen LogP contribution in [0.1, 0.15) is 24.1 Å². The molecule has 1 saturated heterocycles. The predicted molar refractivity (Wildman–Crippen MR) is 98.1 cm³/mol. The summed E-state index contributed by atoms with van der Waals surface area (Å²) in [6, 6.07) is 9.57. The molecule has 132 valence electrons. The first kappa shape index (κ1) is 17.5. The number of halogens is 1.